The molecule has 0 saturated carbocycles. The topological polar surface area (TPSA) is 79.5 Å². The van der Waals surface area contributed by atoms with Crippen LogP contribution in [0.2, 0.25) is 0 Å². The second-order valence-corrected chi connectivity index (χ2v) is 5.51. The molecule has 1 aromatic rings. The van der Waals surface area contributed by atoms with E-state index in [9.17, 15) is 9.90 Å². The van der Waals surface area contributed by atoms with Gasteiger partial charge in [0.1, 0.15) is 0 Å². The van der Waals surface area contributed by atoms with Crippen molar-refractivity contribution >= 4 is 5.97 Å². The van der Waals surface area contributed by atoms with E-state index < -0.39 is 5.97 Å². The molecule has 0 aromatic carbocycles. The number of aryl methyl sites for hydroxylation is 1. The van der Waals surface area contributed by atoms with Crippen LogP contribution < -0.4 is 0 Å². The predicted molar refractivity (Wildman–Crippen MR) is 66.4 cm³/mol. The SMILES string of the molecule is CCCc1noc(CN2C3CCC2C(C(=O)O)C3)n1. The van der Waals surface area contributed by atoms with Gasteiger partial charge in [-0.15, -0.1) is 0 Å². The van der Waals surface area contributed by atoms with Crippen molar-refractivity contribution in [2.75, 3.05) is 0 Å². The average Bonchev–Trinajstić information content (AvgIpc) is 3.06. The van der Waals surface area contributed by atoms with Crippen LogP contribution in [0.15, 0.2) is 4.52 Å². The number of carboxylic acids is 1. The number of hydrogen-bond donors (Lipinski definition) is 1. The van der Waals surface area contributed by atoms with Gasteiger partial charge >= 0.3 is 5.97 Å². The van der Waals surface area contributed by atoms with Crippen LogP contribution in [0.4, 0.5) is 0 Å². The second-order valence-electron chi connectivity index (χ2n) is 5.51. The van der Waals surface area contributed by atoms with Crippen molar-refractivity contribution in [3.63, 3.8) is 0 Å². The maximum atomic E-state index is 11.2. The minimum Gasteiger partial charge on any atom is -0.481 e. The third-order valence-electron chi connectivity index (χ3n) is 4.30. The molecule has 2 saturated heterocycles. The molecule has 19 heavy (non-hydrogen) atoms. The molecule has 2 fully saturated rings. The third kappa shape index (κ3) is 2.25. The lowest BCUT2D eigenvalue weighted by atomic mass is 9.89. The Labute approximate surface area is 111 Å². The molecule has 2 aliphatic heterocycles. The summed E-state index contributed by atoms with van der Waals surface area (Å²) < 4.78 is 5.25. The quantitative estimate of drug-likeness (QED) is 0.868. The molecular weight excluding hydrogens is 246 g/mol. The zero-order chi connectivity index (χ0) is 13.4. The lowest BCUT2D eigenvalue weighted by Crippen LogP contribution is -2.32. The van der Waals surface area contributed by atoms with Crippen LogP contribution in [0.1, 0.15) is 44.3 Å². The van der Waals surface area contributed by atoms with Gasteiger partial charge in [0.25, 0.3) is 0 Å². The van der Waals surface area contributed by atoms with Crippen molar-refractivity contribution in [2.24, 2.45) is 5.92 Å². The summed E-state index contributed by atoms with van der Waals surface area (Å²) in [5.41, 5.74) is 0. The molecule has 1 aromatic heterocycles. The Bertz CT molecular complexity index is 473. The second kappa shape index (κ2) is 4.92. The number of nitrogens with zero attached hydrogens (tertiary/aromatic N) is 3. The minimum atomic E-state index is -0.672. The first-order valence-corrected chi connectivity index (χ1v) is 6.99. The summed E-state index contributed by atoms with van der Waals surface area (Å²) in [5.74, 6) is 0.469. The molecule has 104 valence electrons. The Balaban J connectivity index is 1.68. The summed E-state index contributed by atoms with van der Waals surface area (Å²) in [4.78, 5) is 17.8. The number of carbonyl (C=O) groups is 1. The highest BCUT2D eigenvalue weighted by Crippen LogP contribution is 2.42. The van der Waals surface area contributed by atoms with Gasteiger partial charge in [-0.25, -0.2) is 0 Å². The zero-order valence-electron chi connectivity index (χ0n) is 11.1. The van der Waals surface area contributed by atoms with Crippen LogP contribution in [-0.4, -0.2) is 38.2 Å². The van der Waals surface area contributed by atoms with Crippen molar-refractivity contribution in [1.82, 2.24) is 15.0 Å². The van der Waals surface area contributed by atoms with E-state index in [-0.39, 0.29) is 12.0 Å². The molecule has 3 heterocycles. The fraction of sp³-hybridized carbons (Fsp3) is 0.769. The van der Waals surface area contributed by atoms with E-state index in [1.807, 2.05) is 0 Å². The number of aliphatic carboxylic acids is 1. The molecule has 3 unspecified atom stereocenters. The van der Waals surface area contributed by atoms with Gasteiger partial charge in [-0.05, 0) is 25.7 Å². The summed E-state index contributed by atoms with van der Waals surface area (Å²) in [6, 6.07) is 0.511. The van der Waals surface area contributed by atoms with Crippen LogP contribution in [0.5, 0.6) is 0 Å². The molecule has 2 aliphatic rings. The van der Waals surface area contributed by atoms with Crippen LogP contribution in [0, 0.1) is 5.92 Å². The van der Waals surface area contributed by atoms with Crippen molar-refractivity contribution in [2.45, 2.75) is 57.7 Å². The Hall–Kier alpha value is -1.43. The highest BCUT2D eigenvalue weighted by atomic mass is 16.5. The highest BCUT2D eigenvalue weighted by molar-refractivity contribution is 5.71. The summed E-state index contributed by atoms with van der Waals surface area (Å²) in [7, 11) is 0. The zero-order valence-corrected chi connectivity index (χ0v) is 11.1. The molecule has 0 amide bonds. The molecule has 2 bridgehead atoms. The van der Waals surface area contributed by atoms with E-state index >= 15 is 0 Å². The van der Waals surface area contributed by atoms with Crippen molar-refractivity contribution in [3.8, 4) is 0 Å². The summed E-state index contributed by atoms with van der Waals surface area (Å²) in [5, 5.41) is 13.2. The monoisotopic (exact) mass is 265 g/mol. The van der Waals surface area contributed by atoms with E-state index in [4.69, 9.17) is 4.52 Å². The van der Waals surface area contributed by atoms with Crippen LogP contribution >= 0.6 is 0 Å². The predicted octanol–water partition coefficient (Wildman–Crippen LogP) is 1.46. The molecule has 0 radical (unpaired) electrons. The number of rotatable bonds is 5. The largest absolute Gasteiger partial charge is 0.481 e. The third-order valence-corrected chi connectivity index (χ3v) is 4.30. The van der Waals surface area contributed by atoms with Gasteiger partial charge in [0.2, 0.25) is 5.89 Å². The average molecular weight is 265 g/mol. The maximum Gasteiger partial charge on any atom is 0.308 e. The van der Waals surface area contributed by atoms with Crippen LogP contribution in [0.3, 0.4) is 0 Å². The summed E-state index contributed by atoms with van der Waals surface area (Å²) in [6.45, 7) is 2.67. The minimum absolute atomic E-state index is 0.143. The number of carboxylic acid groups (broad SMARTS) is 1. The van der Waals surface area contributed by atoms with Crippen molar-refractivity contribution in [3.05, 3.63) is 11.7 Å². The van der Waals surface area contributed by atoms with Crippen LogP contribution in [-0.2, 0) is 17.8 Å². The van der Waals surface area contributed by atoms with E-state index in [0.29, 0.717) is 18.5 Å². The Morgan fingerprint density at radius 1 is 1.53 bits per heavy atom. The standard InChI is InChI=1S/C13H19N3O3/c1-2-3-11-14-12(19-15-11)7-16-8-4-5-10(16)9(6-8)13(17)18/h8-10H,2-7H2,1H3,(H,17,18). The van der Waals surface area contributed by atoms with Gasteiger partial charge in [0, 0.05) is 18.5 Å². The van der Waals surface area contributed by atoms with E-state index in [1.165, 1.54) is 0 Å². The lowest BCUT2D eigenvalue weighted by molar-refractivity contribution is -0.142. The van der Waals surface area contributed by atoms with E-state index in [1.54, 1.807) is 0 Å². The lowest BCUT2D eigenvalue weighted by Gasteiger charge is -2.20. The Kier molecular flexibility index (Phi) is 3.26. The molecular formula is C13H19N3O3. The van der Waals surface area contributed by atoms with Crippen LogP contribution in [0.25, 0.3) is 0 Å². The Morgan fingerprint density at radius 2 is 2.37 bits per heavy atom. The summed E-state index contributed by atoms with van der Waals surface area (Å²) >= 11 is 0. The van der Waals surface area contributed by atoms with Gasteiger partial charge < -0.3 is 9.63 Å². The summed E-state index contributed by atoms with van der Waals surface area (Å²) in [6.07, 6.45) is 4.64. The van der Waals surface area contributed by atoms with Gasteiger partial charge in [0.15, 0.2) is 5.82 Å². The first-order valence-electron chi connectivity index (χ1n) is 6.99. The molecule has 0 aliphatic carbocycles. The highest BCUT2D eigenvalue weighted by Gasteiger charge is 2.49. The fourth-order valence-electron chi connectivity index (χ4n) is 3.45. The van der Waals surface area contributed by atoms with Crippen molar-refractivity contribution < 1.29 is 14.4 Å². The first kappa shape index (κ1) is 12.6. The number of aromatic nitrogens is 2. The van der Waals surface area contributed by atoms with Gasteiger partial charge in [-0.3, -0.25) is 9.69 Å². The van der Waals surface area contributed by atoms with E-state index in [2.05, 4.69) is 22.0 Å². The number of hydrogen-bond acceptors (Lipinski definition) is 5. The number of fused-ring (bicyclic) bond motifs is 2. The van der Waals surface area contributed by atoms with E-state index in [0.717, 1.165) is 37.9 Å². The first-order chi connectivity index (χ1) is 9.19. The van der Waals surface area contributed by atoms with Gasteiger partial charge in [0.05, 0.1) is 12.5 Å². The Morgan fingerprint density at radius 3 is 3.05 bits per heavy atom. The molecule has 0 spiro atoms. The van der Waals surface area contributed by atoms with Crippen molar-refractivity contribution in [1.29, 1.82) is 0 Å². The maximum absolute atomic E-state index is 11.2. The molecule has 6 heteroatoms. The smallest absolute Gasteiger partial charge is 0.308 e. The normalized spacial score (nSPS) is 30.1. The fourth-order valence-corrected chi connectivity index (χ4v) is 3.45. The molecule has 3 rings (SSSR count). The molecule has 3 atom stereocenters. The van der Waals surface area contributed by atoms with Gasteiger partial charge in [-0.1, -0.05) is 12.1 Å². The van der Waals surface area contributed by atoms with Gasteiger partial charge in [-0.2, -0.15) is 4.98 Å². The molecule has 1 N–H and O–H groups in total. The molecule has 6 nitrogen and oxygen atoms in total.